The van der Waals surface area contributed by atoms with Gasteiger partial charge in [-0.05, 0) is 70.7 Å². The molecule has 2 amide bonds. The second kappa shape index (κ2) is 11.3. The number of para-hydroxylation sites is 1. The molecule has 0 saturated carbocycles. The molecule has 9 nitrogen and oxygen atoms in total. The molecule has 0 unspecified atom stereocenters. The van der Waals surface area contributed by atoms with Crippen molar-refractivity contribution in [1.29, 1.82) is 0 Å². The summed E-state index contributed by atoms with van der Waals surface area (Å²) in [5, 5.41) is 4.81. The van der Waals surface area contributed by atoms with Gasteiger partial charge < -0.3 is 19.4 Å². The summed E-state index contributed by atoms with van der Waals surface area (Å²) in [6.07, 6.45) is 4.74. The maximum Gasteiger partial charge on any atom is 0.410 e. The molecular weight excluding hydrogens is 504 g/mol. The minimum absolute atomic E-state index is 0.0164. The van der Waals surface area contributed by atoms with Crippen molar-refractivity contribution in [3.8, 4) is 5.69 Å². The third kappa shape index (κ3) is 5.83. The number of carbonyl (C=O) groups excluding carboxylic acids is 2. The van der Waals surface area contributed by atoms with Crippen LogP contribution in [-0.2, 0) is 4.74 Å². The van der Waals surface area contributed by atoms with Crippen molar-refractivity contribution in [3.05, 3.63) is 71.2 Å². The van der Waals surface area contributed by atoms with Gasteiger partial charge in [0.2, 0.25) is 0 Å². The zero-order chi connectivity index (χ0) is 28.4. The van der Waals surface area contributed by atoms with Crippen LogP contribution < -0.4 is 4.90 Å². The van der Waals surface area contributed by atoms with E-state index in [9.17, 15) is 9.59 Å². The second-order valence-electron chi connectivity index (χ2n) is 11.8. The van der Waals surface area contributed by atoms with Crippen LogP contribution in [0.3, 0.4) is 0 Å². The molecular formula is C31H40N6O3. The normalized spacial score (nSPS) is 16.8. The number of rotatable bonds is 4. The fraction of sp³-hybridized carbons (Fsp3) is 0.484. The molecule has 5 rings (SSSR count). The van der Waals surface area contributed by atoms with Gasteiger partial charge in [0.05, 0.1) is 23.1 Å². The van der Waals surface area contributed by atoms with Gasteiger partial charge in [-0.1, -0.05) is 24.3 Å². The molecule has 212 valence electrons. The molecule has 2 aromatic heterocycles. The number of hydrogen-bond donors (Lipinski definition) is 0. The molecule has 2 aliphatic rings. The zero-order valence-electron chi connectivity index (χ0n) is 24.3. The van der Waals surface area contributed by atoms with Crippen LogP contribution >= 0.6 is 0 Å². The van der Waals surface area contributed by atoms with Gasteiger partial charge in [-0.3, -0.25) is 4.79 Å². The van der Waals surface area contributed by atoms with Crippen molar-refractivity contribution in [2.75, 3.05) is 44.2 Å². The molecule has 2 fully saturated rings. The van der Waals surface area contributed by atoms with Gasteiger partial charge in [-0.15, -0.1) is 0 Å². The van der Waals surface area contributed by atoms with Crippen LogP contribution in [0.1, 0.15) is 66.7 Å². The van der Waals surface area contributed by atoms with Gasteiger partial charge in [-0.25, -0.2) is 14.5 Å². The molecule has 4 heterocycles. The molecule has 0 aliphatic carbocycles. The minimum Gasteiger partial charge on any atom is -0.444 e. The van der Waals surface area contributed by atoms with Gasteiger partial charge in [0.15, 0.2) is 0 Å². The number of hydrogen-bond acceptors (Lipinski definition) is 6. The lowest BCUT2D eigenvalue weighted by atomic mass is 9.90. The lowest BCUT2D eigenvalue weighted by Gasteiger charge is -2.36. The number of aromatic nitrogens is 3. The maximum absolute atomic E-state index is 14.0. The van der Waals surface area contributed by atoms with Crippen LogP contribution in [0.15, 0.2) is 48.8 Å². The Morgan fingerprint density at radius 2 is 1.55 bits per heavy atom. The number of ether oxygens (including phenoxy) is 1. The first-order valence-electron chi connectivity index (χ1n) is 14.2. The van der Waals surface area contributed by atoms with Crippen molar-refractivity contribution in [1.82, 2.24) is 24.6 Å². The van der Waals surface area contributed by atoms with E-state index in [1.165, 1.54) is 0 Å². The number of carbonyl (C=O) groups is 2. The number of benzene rings is 1. The Morgan fingerprint density at radius 3 is 2.15 bits per heavy atom. The van der Waals surface area contributed by atoms with Gasteiger partial charge >= 0.3 is 6.09 Å². The summed E-state index contributed by atoms with van der Waals surface area (Å²) in [5.74, 6) is 1.05. The summed E-state index contributed by atoms with van der Waals surface area (Å²) < 4.78 is 7.59. The number of aryl methyl sites for hydroxylation is 2. The van der Waals surface area contributed by atoms with Crippen molar-refractivity contribution < 1.29 is 14.3 Å². The Kier molecular flexibility index (Phi) is 7.83. The van der Waals surface area contributed by atoms with Crippen molar-refractivity contribution in [2.24, 2.45) is 0 Å². The molecule has 0 radical (unpaired) electrons. The van der Waals surface area contributed by atoms with Crippen molar-refractivity contribution in [2.45, 2.75) is 59.0 Å². The molecule has 9 heteroatoms. The summed E-state index contributed by atoms with van der Waals surface area (Å²) in [6, 6.07) is 12.1. The Labute approximate surface area is 236 Å². The summed E-state index contributed by atoms with van der Waals surface area (Å²) in [7, 11) is 0. The quantitative estimate of drug-likeness (QED) is 0.462. The highest BCUT2D eigenvalue weighted by Gasteiger charge is 2.34. The first-order chi connectivity index (χ1) is 19.1. The lowest BCUT2D eigenvalue weighted by Crippen LogP contribution is -2.49. The lowest BCUT2D eigenvalue weighted by molar-refractivity contribution is 0.0203. The van der Waals surface area contributed by atoms with E-state index in [4.69, 9.17) is 9.84 Å². The van der Waals surface area contributed by atoms with E-state index in [1.54, 1.807) is 17.3 Å². The van der Waals surface area contributed by atoms with Crippen molar-refractivity contribution in [3.63, 3.8) is 0 Å². The number of piperidine rings is 1. The summed E-state index contributed by atoms with van der Waals surface area (Å²) >= 11 is 0. The third-order valence-electron chi connectivity index (χ3n) is 7.76. The van der Waals surface area contributed by atoms with Gasteiger partial charge in [0.25, 0.3) is 5.91 Å². The standard InChI is InChI=1S/C31H40N6O3/c1-22-9-8-10-23(2)27(22)37-28(24-12-15-36(16-13-24)30(39)40-31(3,4)5)25(21-33-37)29(38)35-19-17-34(18-20-35)26-11-6-7-14-32-26/h6-11,14,21,24H,12-13,15-20H2,1-5H3. The summed E-state index contributed by atoms with van der Waals surface area (Å²) in [6.45, 7) is 13.7. The number of pyridine rings is 1. The average Bonchev–Trinajstić information content (AvgIpc) is 3.37. The van der Waals surface area contributed by atoms with E-state index in [1.807, 2.05) is 54.6 Å². The first-order valence-corrected chi connectivity index (χ1v) is 14.2. The Bertz CT molecular complexity index is 1330. The number of anilines is 1. The van der Waals surface area contributed by atoms with Crippen LogP contribution in [0.5, 0.6) is 0 Å². The number of amides is 2. The predicted octanol–water partition coefficient (Wildman–Crippen LogP) is 4.96. The zero-order valence-corrected chi connectivity index (χ0v) is 24.3. The Morgan fingerprint density at radius 1 is 0.875 bits per heavy atom. The SMILES string of the molecule is Cc1cccc(C)c1-n1ncc(C(=O)N2CCN(c3ccccn3)CC2)c1C1CCN(C(=O)OC(C)(C)C)CC1. The maximum atomic E-state index is 14.0. The first kappa shape index (κ1) is 27.7. The minimum atomic E-state index is -0.533. The average molecular weight is 545 g/mol. The van der Waals surface area contributed by atoms with Crippen LogP contribution in [0.2, 0.25) is 0 Å². The van der Waals surface area contributed by atoms with E-state index in [0.717, 1.165) is 54.3 Å². The van der Waals surface area contributed by atoms with Crippen LogP contribution in [-0.4, -0.2) is 81.4 Å². The second-order valence-corrected chi connectivity index (χ2v) is 11.8. The number of likely N-dealkylation sites (tertiary alicyclic amines) is 1. The van der Waals surface area contributed by atoms with Crippen LogP contribution in [0, 0.1) is 13.8 Å². The van der Waals surface area contributed by atoms with E-state index in [2.05, 4.69) is 35.9 Å². The van der Waals surface area contributed by atoms with E-state index in [0.29, 0.717) is 31.7 Å². The smallest absolute Gasteiger partial charge is 0.410 e. The fourth-order valence-corrected chi connectivity index (χ4v) is 5.75. The molecule has 3 aromatic rings. The third-order valence-corrected chi connectivity index (χ3v) is 7.76. The van der Waals surface area contributed by atoms with Gasteiger partial charge in [0, 0.05) is 51.4 Å². The van der Waals surface area contributed by atoms with Crippen LogP contribution in [0.4, 0.5) is 10.6 Å². The van der Waals surface area contributed by atoms with Gasteiger partial charge in [0.1, 0.15) is 11.4 Å². The monoisotopic (exact) mass is 544 g/mol. The Hall–Kier alpha value is -3.88. The van der Waals surface area contributed by atoms with E-state index in [-0.39, 0.29) is 17.9 Å². The highest BCUT2D eigenvalue weighted by atomic mass is 16.6. The largest absolute Gasteiger partial charge is 0.444 e. The molecule has 0 atom stereocenters. The predicted molar refractivity (Wildman–Crippen MR) is 155 cm³/mol. The van der Waals surface area contributed by atoms with E-state index < -0.39 is 5.60 Å². The molecule has 40 heavy (non-hydrogen) atoms. The number of nitrogens with zero attached hydrogens (tertiary/aromatic N) is 6. The molecule has 2 saturated heterocycles. The molecule has 0 N–H and O–H groups in total. The summed E-state index contributed by atoms with van der Waals surface area (Å²) in [5.41, 5.74) is 4.31. The summed E-state index contributed by atoms with van der Waals surface area (Å²) in [4.78, 5) is 37.1. The topological polar surface area (TPSA) is 83.8 Å². The molecule has 0 spiro atoms. The molecule has 2 aliphatic heterocycles. The highest BCUT2D eigenvalue weighted by Crippen LogP contribution is 2.35. The fourth-order valence-electron chi connectivity index (χ4n) is 5.75. The van der Waals surface area contributed by atoms with Crippen molar-refractivity contribution >= 4 is 17.8 Å². The van der Waals surface area contributed by atoms with Crippen LogP contribution in [0.25, 0.3) is 5.69 Å². The molecule has 0 bridgehead atoms. The molecule has 1 aromatic carbocycles. The van der Waals surface area contributed by atoms with Gasteiger partial charge in [-0.2, -0.15) is 5.10 Å². The van der Waals surface area contributed by atoms with E-state index >= 15 is 0 Å². The Balaban J connectivity index is 1.40. The number of piperazine rings is 1. The highest BCUT2D eigenvalue weighted by molar-refractivity contribution is 5.95.